The number of aromatic nitrogens is 2. The van der Waals surface area contributed by atoms with Crippen molar-refractivity contribution in [1.29, 1.82) is 0 Å². The van der Waals surface area contributed by atoms with Crippen LogP contribution in [-0.4, -0.2) is 57.5 Å². The molecule has 0 spiro atoms. The Bertz CT molecular complexity index is 594. The van der Waals surface area contributed by atoms with Crippen LogP contribution in [0.1, 0.15) is 30.8 Å². The zero-order valence-corrected chi connectivity index (χ0v) is 14.2. The number of carboxylic acids is 1. The minimum atomic E-state index is -1.03. The number of carbonyl (C=O) groups excluding carboxylic acids is 1. The SMILES string of the molecule is Cc1nn(CC(C)C)c(C)c1CC(=O)N1CCOC[C@@H]1C(=O)O. The Morgan fingerprint density at radius 1 is 1.39 bits per heavy atom. The van der Waals surface area contributed by atoms with E-state index in [1.807, 2.05) is 18.5 Å². The number of aryl methyl sites for hydroxylation is 1. The molecule has 1 aliphatic heterocycles. The van der Waals surface area contributed by atoms with E-state index in [2.05, 4.69) is 18.9 Å². The average molecular weight is 323 g/mol. The quantitative estimate of drug-likeness (QED) is 0.874. The molecule has 23 heavy (non-hydrogen) atoms. The Labute approximate surface area is 136 Å². The highest BCUT2D eigenvalue weighted by Gasteiger charge is 2.33. The summed E-state index contributed by atoms with van der Waals surface area (Å²) < 4.78 is 7.11. The molecule has 2 heterocycles. The number of morpholine rings is 1. The minimum absolute atomic E-state index is 0.0473. The number of amides is 1. The van der Waals surface area contributed by atoms with Gasteiger partial charge in [0.25, 0.3) is 0 Å². The lowest BCUT2D eigenvalue weighted by Crippen LogP contribution is -2.53. The van der Waals surface area contributed by atoms with E-state index in [0.29, 0.717) is 19.1 Å². The summed E-state index contributed by atoms with van der Waals surface area (Å²) in [5, 5.41) is 13.8. The van der Waals surface area contributed by atoms with Crippen LogP contribution in [-0.2, 0) is 27.3 Å². The summed E-state index contributed by atoms with van der Waals surface area (Å²) in [6.45, 7) is 9.62. The summed E-state index contributed by atoms with van der Waals surface area (Å²) >= 11 is 0. The summed E-state index contributed by atoms with van der Waals surface area (Å²) in [6.07, 6.45) is 0.180. The van der Waals surface area contributed by atoms with Gasteiger partial charge in [-0.2, -0.15) is 5.10 Å². The zero-order chi connectivity index (χ0) is 17.1. The normalized spacial score (nSPS) is 18.5. The van der Waals surface area contributed by atoms with Crippen LogP contribution in [0.3, 0.4) is 0 Å². The van der Waals surface area contributed by atoms with Gasteiger partial charge in [0.2, 0.25) is 5.91 Å². The number of carbonyl (C=O) groups is 2. The number of hydrogen-bond acceptors (Lipinski definition) is 4. The molecule has 1 saturated heterocycles. The van der Waals surface area contributed by atoms with Crippen molar-refractivity contribution in [1.82, 2.24) is 14.7 Å². The Morgan fingerprint density at radius 2 is 2.09 bits per heavy atom. The minimum Gasteiger partial charge on any atom is -0.480 e. The molecule has 0 aromatic carbocycles. The van der Waals surface area contributed by atoms with Gasteiger partial charge in [0.15, 0.2) is 6.04 Å². The van der Waals surface area contributed by atoms with Crippen molar-refractivity contribution in [3.8, 4) is 0 Å². The largest absolute Gasteiger partial charge is 0.480 e. The van der Waals surface area contributed by atoms with Crippen LogP contribution in [0.5, 0.6) is 0 Å². The molecule has 128 valence electrons. The molecule has 0 aliphatic carbocycles. The summed E-state index contributed by atoms with van der Waals surface area (Å²) in [5.41, 5.74) is 2.70. The predicted molar refractivity (Wildman–Crippen MR) is 84.2 cm³/mol. The Morgan fingerprint density at radius 3 is 2.70 bits per heavy atom. The molecule has 2 rings (SSSR count). The number of rotatable bonds is 5. The van der Waals surface area contributed by atoms with E-state index >= 15 is 0 Å². The van der Waals surface area contributed by atoms with Crippen molar-refractivity contribution < 1.29 is 19.4 Å². The van der Waals surface area contributed by atoms with Gasteiger partial charge in [-0.15, -0.1) is 0 Å². The molecule has 1 aliphatic rings. The van der Waals surface area contributed by atoms with Gasteiger partial charge < -0.3 is 14.7 Å². The van der Waals surface area contributed by atoms with Gasteiger partial charge in [0.1, 0.15) is 0 Å². The first kappa shape index (κ1) is 17.5. The highest BCUT2D eigenvalue weighted by atomic mass is 16.5. The molecule has 1 atom stereocenters. The van der Waals surface area contributed by atoms with E-state index in [9.17, 15) is 14.7 Å². The van der Waals surface area contributed by atoms with Crippen LogP contribution in [0, 0.1) is 19.8 Å². The van der Waals surface area contributed by atoms with Crippen LogP contribution in [0.4, 0.5) is 0 Å². The lowest BCUT2D eigenvalue weighted by molar-refractivity contribution is -0.158. The van der Waals surface area contributed by atoms with Crippen LogP contribution >= 0.6 is 0 Å². The Kier molecular flexibility index (Phi) is 5.41. The highest BCUT2D eigenvalue weighted by Crippen LogP contribution is 2.18. The molecule has 0 bridgehead atoms. The Hall–Kier alpha value is -1.89. The summed E-state index contributed by atoms with van der Waals surface area (Å²) in [6, 6.07) is -0.900. The summed E-state index contributed by atoms with van der Waals surface area (Å²) in [7, 11) is 0. The molecule has 7 nitrogen and oxygen atoms in total. The van der Waals surface area contributed by atoms with Gasteiger partial charge in [0.05, 0.1) is 25.3 Å². The second-order valence-corrected chi connectivity index (χ2v) is 6.42. The number of aliphatic carboxylic acids is 1. The molecule has 1 fully saturated rings. The van der Waals surface area contributed by atoms with Crippen molar-refractivity contribution in [3.05, 3.63) is 17.0 Å². The third kappa shape index (κ3) is 3.90. The van der Waals surface area contributed by atoms with Crippen molar-refractivity contribution in [2.75, 3.05) is 19.8 Å². The van der Waals surface area contributed by atoms with Crippen molar-refractivity contribution in [2.24, 2.45) is 5.92 Å². The van der Waals surface area contributed by atoms with E-state index in [0.717, 1.165) is 23.5 Å². The Balaban J connectivity index is 2.16. The van der Waals surface area contributed by atoms with Gasteiger partial charge in [0, 0.05) is 24.3 Å². The molecule has 7 heteroatoms. The lowest BCUT2D eigenvalue weighted by Gasteiger charge is -2.33. The fraction of sp³-hybridized carbons (Fsp3) is 0.688. The number of ether oxygens (including phenoxy) is 1. The van der Waals surface area contributed by atoms with Crippen molar-refractivity contribution >= 4 is 11.9 Å². The topological polar surface area (TPSA) is 84.7 Å². The first-order valence-corrected chi connectivity index (χ1v) is 7.94. The second kappa shape index (κ2) is 7.12. The molecule has 1 aromatic heterocycles. The van der Waals surface area contributed by atoms with E-state index < -0.39 is 12.0 Å². The van der Waals surface area contributed by atoms with Crippen LogP contribution in [0.15, 0.2) is 0 Å². The van der Waals surface area contributed by atoms with E-state index in [-0.39, 0.29) is 18.9 Å². The average Bonchev–Trinajstić information content (AvgIpc) is 2.74. The monoisotopic (exact) mass is 323 g/mol. The van der Waals surface area contributed by atoms with Gasteiger partial charge in [-0.05, 0) is 19.8 Å². The first-order chi connectivity index (χ1) is 10.8. The maximum absolute atomic E-state index is 12.6. The van der Waals surface area contributed by atoms with Crippen LogP contribution < -0.4 is 0 Å². The van der Waals surface area contributed by atoms with Crippen molar-refractivity contribution in [3.63, 3.8) is 0 Å². The van der Waals surface area contributed by atoms with Gasteiger partial charge in [-0.1, -0.05) is 13.8 Å². The molecular weight excluding hydrogens is 298 g/mol. The molecular formula is C16H25N3O4. The number of hydrogen-bond donors (Lipinski definition) is 1. The third-order valence-corrected chi connectivity index (χ3v) is 4.13. The smallest absolute Gasteiger partial charge is 0.328 e. The fourth-order valence-electron chi connectivity index (χ4n) is 2.87. The third-order valence-electron chi connectivity index (χ3n) is 4.13. The predicted octanol–water partition coefficient (Wildman–Crippen LogP) is 1.01. The molecule has 0 radical (unpaired) electrons. The first-order valence-electron chi connectivity index (χ1n) is 7.94. The summed E-state index contributed by atoms with van der Waals surface area (Å²) in [4.78, 5) is 25.3. The fourth-order valence-corrected chi connectivity index (χ4v) is 2.87. The highest BCUT2D eigenvalue weighted by molar-refractivity contribution is 5.85. The zero-order valence-electron chi connectivity index (χ0n) is 14.2. The molecule has 1 N–H and O–H groups in total. The standard InChI is InChI=1S/C16H25N3O4/c1-10(2)8-19-12(4)13(11(3)17-19)7-15(20)18-5-6-23-9-14(18)16(21)22/h10,14H,5-9H2,1-4H3,(H,21,22)/t14-/m1/s1. The van der Waals surface area contributed by atoms with Gasteiger partial charge >= 0.3 is 5.97 Å². The van der Waals surface area contributed by atoms with E-state index in [1.165, 1.54) is 4.90 Å². The number of nitrogens with zero attached hydrogens (tertiary/aromatic N) is 3. The van der Waals surface area contributed by atoms with Crippen LogP contribution in [0.25, 0.3) is 0 Å². The van der Waals surface area contributed by atoms with E-state index in [1.54, 1.807) is 0 Å². The maximum Gasteiger partial charge on any atom is 0.328 e. The molecule has 1 amide bonds. The molecule has 1 aromatic rings. The lowest BCUT2D eigenvalue weighted by atomic mass is 10.1. The molecule has 0 unspecified atom stereocenters. The van der Waals surface area contributed by atoms with Gasteiger partial charge in [-0.3, -0.25) is 9.48 Å². The van der Waals surface area contributed by atoms with E-state index in [4.69, 9.17) is 4.74 Å². The molecule has 0 saturated carbocycles. The maximum atomic E-state index is 12.6. The summed E-state index contributed by atoms with van der Waals surface area (Å²) in [5.74, 6) is -0.745. The van der Waals surface area contributed by atoms with Crippen molar-refractivity contribution in [2.45, 2.75) is 46.7 Å². The second-order valence-electron chi connectivity index (χ2n) is 6.42. The number of carboxylic acid groups (broad SMARTS) is 1. The van der Waals surface area contributed by atoms with Gasteiger partial charge in [-0.25, -0.2) is 4.79 Å². The van der Waals surface area contributed by atoms with Crippen LogP contribution in [0.2, 0.25) is 0 Å².